The van der Waals surface area contributed by atoms with Crippen molar-refractivity contribution in [3.63, 3.8) is 0 Å². The lowest BCUT2D eigenvalue weighted by Gasteiger charge is -1.99. The van der Waals surface area contributed by atoms with Gasteiger partial charge in [0.15, 0.2) is 5.16 Å². The highest BCUT2D eigenvalue weighted by Gasteiger charge is 2.05. The highest BCUT2D eigenvalue weighted by atomic mass is 32.2. The quantitative estimate of drug-likeness (QED) is 0.683. The maximum atomic E-state index is 10.7. The number of Topliss-reactive ketones (excluding diaryl/α,β-unsaturated/α-hetero) is 1. The number of carbonyl (C=O) groups excluding carboxylic acids is 1. The van der Waals surface area contributed by atoms with Gasteiger partial charge in [0.05, 0.1) is 0 Å². The van der Waals surface area contributed by atoms with Crippen LogP contribution < -0.4 is 0 Å². The van der Waals surface area contributed by atoms with Crippen molar-refractivity contribution in [3.05, 3.63) is 5.82 Å². The third kappa shape index (κ3) is 2.84. The van der Waals surface area contributed by atoms with Gasteiger partial charge in [-0.3, -0.25) is 4.79 Å². The zero-order chi connectivity index (χ0) is 9.84. The standard InChI is InChI=1S/C8H13N3OS/c1-6(12)4-5-13-8-10-9-7(2)11(8)3/h4-5H2,1-3H3. The molecule has 0 N–H and O–H groups in total. The monoisotopic (exact) mass is 199 g/mol. The van der Waals surface area contributed by atoms with E-state index in [-0.39, 0.29) is 5.78 Å². The van der Waals surface area contributed by atoms with Crippen molar-refractivity contribution >= 4 is 17.5 Å². The van der Waals surface area contributed by atoms with Gasteiger partial charge >= 0.3 is 0 Å². The summed E-state index contributed by atoms with van der Waals surface area (Å²) in [4.78, 5) is 10.7. The minimum Gasteiger partial charge on any atom is -0.309 e. The molecular formula is C8H13N3OS. The van der Waals surface area contributed by atoms with Crippen LogP contribution in [0.15, 0.2) is 5.16 Å². The summed E-state index contributed by atoms with van der Waals surface area (Å²) in [5.74, 6) is 1.89. The van der Waals surface area contributed by atoms with Crippen LogP contribution in [0.4, 0.5) is 0 Å². The Morgan fingerprint density at radius 1 is 1.54 bits per heavy atom. The Bertz CT molecular complexity index is 308. The average molecular weight is 199 g/mol. The molecule has 0 saturated carbocycles. The minimum atomic E-state index is 0.214. The molecule has 0 unspecified atom stereocenters. The van der Waals surface area contributed by atoms with Crippen LogP contribution in [0.2, 0.25) is 0 Å². The molecule has 72 valence electrons. The van der Waals surface area contributed by atoms with Gasteiger partial charge in [0.25, 0.3) is 0 Å². The number of thioether (sulfide) groups is 1. The van der Waals surface area contributed by atoms with Crippen molar-refractivity contribution < 1.29 is 4.79 Å². The lowest BCUT2D eigenvalue weighted by molar-refractivity contribution is -0.116. The van der Waals surface area contributed by atoms with Gasteiger partial charge < -0.3 is 4.57 Å². The van der Waals surface area contributed by atoms with Gasteiger partial charge in [0.2, 0.25) is 0 Å². The van der Waals surface area contributed by atoms with Crippen LogP contribution >= 0.6 is 11.8 Å². The van der Waals surface area contributed by atoms with Gasteiger partial charge in [-0.2, -0.15) is 0 Å². The van der Waals surface area contributed by atoms with Crippen LogP contribution in [0.25, 0.3) is 0 Å². The van der Waals surface area contributed by atoms with E-state index in [1.807, 2.05) is 18.5 Å². The van der Waals surface area contributed by atoms with E-state index in [0.29, 0.717) is 6.42 Å². The lowest BCUT2D eigenvalue weighted by Crippen LogP contribution is -1.96. The molecule has 1 heterocycles. The van der Waals surface area contributed by atoms with E-state index in [9.17, 15) is 4.79 Å². The molecule has 0 aliphatic rings. The average Bonchev–Trinajstić information content (AvgIpc) is 2.35. The van der Waals surface area contributed by atoms with E-state index >= 15 is 0 Å². The molecule has 13 heavy (non-hydrogen) atoms. The number of hydrogen-bond donors (Lipinski definition) is 0. The number of hydrogen-bond acceptors (Lipinski definition) is 4. The number of aromatic nitrogens is 3. The van der Waals surface area contributed by atoms with E-state index in [4.69, 9.17) is 0 Å². The molecule has 0 spiro atoms. The third-order valence-electron chi connectivity index (χ3n) is 1.74. The Morgan fingerprint density at radius 3 is 2.69 bits per heavy atom. The Kier molecular flexibility index (Phi) is 3.48. The van der Waals surface area contributed by atoms with Crippen molar-refractivity contribution in [3.8, 4) is 0 Å². The molecule has 0 bridgehead atoms. The normalized spacial score (nSPS) is 10.4. The third-order valence-corrected chi connectivity index (χ3v) is 2.76. The van der Waals surface area contributed by atoms with E-state index in [2.05, 4.69) is 10.2 Å². The highest BCUT2D eigenvalue weighted by molar-refractivity contribution is 7.99. The second-order valence-corrected chi connectivity index (χ2v) is 3.95. The summed E-state index contributed by atoms with van der Waals surface area (Å²) in [6, 6.07) is 0. The predicted molar refractivity (Wildman–Crippen MR) is 51.8 cm³/mol. The van der Waals surface area contributed by atoms with Crippen LogP contribution in [-0.2, 0) is 11.8 Å². The summed E-state index contributed by atoms with van der Waals surface area (Å²) in [7, 11) is 1.92. The number of nitrogens with zero attached hydrogens (tertiary/aromatic N) is 3. The largest absolute Gasteiger partial charge is 0.309 e. The summed E-state index contributed by atoms with van der Waals surface area (Å²) in [5, 5.41) is 8.77. The first-order valence-electron chi connectivity index (χ1n) is 4.09. The predicted octanol–water partition coefficient (Wildman–Crippen LogP) is 1.19. The fourth-order valence-electron chi connectivity index (χ4n) is 0.799. The summed E-state index contributed by atoms with van der Waals surface area (Å²) >= 11 is 1.56. The molecule has 0 fully saturated rings. The molecule has 0 saturated heterocycles. The second kappa shape index (κ2) is 4.41. The first-order chi connectivity index (χ1) is 6.11. The van der Waals surface area contributed by atoms with Crippen molar-refractivity contribution in [2.45, 2.75) is 25.4 Å². The van der Waals surface area contributed by atoms with E-state index in [1.165, 1.54) is 0 Å². The zero-order valence-electron chi connectivity index (χ0n) is 8.07. The topological polar surface area (TPSA) is 47.8 Å². The van der Waals surface area contributed by atoms with E-state index in [1.54, 1.807) is 18.7 Å². The lowest BCUT2D eigenvalue weighted by atomic mass is 10.4. The Hall–Kier alpha value is -0.840. The first kappa shape index (κ1) is 10.2. The highest BCUT2D eigenvalue weighted by Crippen LogP contribution is 2.15. The molecule has 0 amide bonds. The van der Waals surface area contributed by atoms with Crippen molar-refractivity contribution in [2.24, 2.45) is 7.05 Å². The molecule has 1 aromatic heterocycles. The fraction of sp³-hybridized carbons (Fsp3) is 0.625. The molecule has 0 aliphatic heterocycles. The van der Waals surface area contributed by atoms with Crippen LogP contribution in [0.5, 0.6) is 0 Å². The van der Waals surface area contributed by atoms with E-state index < -0.39 is 0 Å². The Morgan fingerprint density at radius 2 is 2.23 bits per heavy atom. The van der Waals surface area contributed by atoms with Gasteiger partial charge in [-0.15, -0.1) is 10.2 Å². The van der Waals surface area contributed by atoms with Gasteiger partial charge in [0.1, 0.15) is 11.6 Å². The SMILES string of the molecule is CC(=O)CCSc1nnc(C)n1C. The molecule has 5 heteroatoms. The Balaban J connectivity index is 2.45. The summed E-state index contributed by atoms with van der Waals surface area (Å²) in [5.41, 5.74) is 0. The van der Waals surface area contributed by atoms with Crippen LogP contribution in [0.3, 0.4) is 0 Å². The smallest absolute Gasteiger partial charge is 0.190 e. The molecule has 1 rings (SSSR count). The van der Waals surface area contributed by atoms with Crippen molar-refractivity contribution in [1.29, 1.82) is 0 Å². The van der Waals surface area contributed by atoms with Crippen LogP contribution in [0, 0.1) is 6.92 Å². The fourth-order valence-corrected chi connectivity index (χ4v) is 1.80. The Labute approximate surface area is 81.7 Å². The first-order valence-corrected chi connectivity index (χ1v) is 5.08. The van der Waals surface area contributed by atoms with Gasteiger partial charge in [-0.05, 0) is 13.8 Å². The molecule has 0 aromatic carbocycles. The molecule has 0 aliphatic carbocycles. The summed E-state index contributed by atoms with van der Waals surface area (Å²) < 4.78 is 1.92. The molecular weight excluding hydrogens is 186 g/mol. The number of rotatable bonds is 4. The molecule has 0 radical (unpaired) electrons. The zero-order valence-corrected chi connectivity index (χ0v) is 8.89. The number of ketones is 1. The number of aryl methyl sites for hydroxylation is 1. The maximum absolute atomic E-state index is 10.7. The van der Waals surface area contributed by atoms with Gasteiger partial charge in [-0.1, -0.05) is 11.8 Å². The minimum absolute atomic E-state index is 0.214. The summed E-state index contributed by atoms with van der Waals surface area (Å²) in [6.07, 6.45) is 0.594. The molecule has 1 aromatic rings. The second-order valence-electron chi connectivity index (χ2n) is 2.89. The van der Waals surface area contributed by atoms with Crippen LogP contribution in [-0.4, -0.2) is 26.3 Å². The van der Waals surface area contributed by atoms with Crippen molar-refractivity contribution in [1.82, 2.24) is 14.8 Å². The summed E-state index contributed by atoms with van der Waals surface area (Å²) in [6.45, 7) is 3.50. The van der Waals surface area contributed by atoms with Gasteiger partial charge in [-0.25, -0.2) is 0 Å². The van der Waals surface area contributed by atoms with Crippen LogP contribution in [0.1, 0.15) is 19.2 Å². The van der Waals surface area contributed by atoms with Crippen molar-refractivity contribution in [2.75, 3.05) is 5.75 Å². The molecule has 4 nitrogen and oxygen atoms in total. The maximum Gasteiger partial charge on any atom is 0.190 e. The van der Waals surface area contributed by atoms with Gasteiger partial charge in [0, 0.05) is 19.2 Å². The van der Waals surface area contributed by atoms with E-state index in [0.717, 1.165) is 16.7 Å². The molecule has 0 atom stereocenters. The number of carbonyl (C=O) groups is 1.